The number of H-pyrrole nitrogens is 1. The van der Waals surface area contributed by atoms with Gasteiger partial charge in [-0.1, -0.05) is 18.2 Å². The topological polar surface area (TPSA) is 161 Å². The monoisotopic (exact) mass is 471 g/mol. The summed E-state index contributed by atoms with van der Waals surface area (Å²) in [6, 6.07) is 14.7. The van der Waals surface area contributed by atoms with E-state index >= 15 is 0 Å². The Kier molecular flexibility index (Phi) is 9.17. The van der Waals surface area contributed by atoms with Gasteiger partial charge in [0.05, 0.1) is 5.69 Å². The molecule has 0 bridgehead atoms. The van der Waals surface area contributed by atoms with E-state index in [1.807, 2.05) is 57.3 Å². The molecule has 0 saturated heterocycles. The normalized spacial score (nSPS) is 11.8. The van der Waals surface area contributed by atoms with Crippen molar-refractivity contribution in [1.29, 1.82) is 0 Å². The van der Waals surface area contributed by atoms with Crippen LogP contribution in [0.25, 0.3) is 10.9 Å². The number of rotatable bonds is 7. The maximum atomic E-state index is 12.8. The highest BCUT2D eigenvalue weighted by atomic mass is 16.5. The number of aliphatic hydroxyl groups excluding tert-OH is 1. The lowest BCUT2D eigenvalue weighted by Gasteiger charge is -2.23. The molecule has 0 spiro atoms. The Morgan fingerprint density at radius 2 is 1.68 bits per heavy atom. The Morgan fingerprint density at radius 1 is 1.00 bits per heavy atom. The number of hydrogen-bond donors (Lipinski definition) is 6. The molecule has 1 atom stereocenters. The Morgan fingerprint density at radius 3 is 2.32 bits per heavy atom. The SMILES string of the molecule is CC(C)(C)NCC(O)COc1ccccc1NC(=O)c1cccc2[nH]ccc12.O=C(O)C(=O)O. The predicted molar refractivity (Wildman–Crippen MR) is 127 cm³/mol. The Bertz CT molecular complexity index is 1120. The van der Waals surface area contributed by atoms with Crippen LogP contribution >= 0.6 is 0 Å². The van der Waals surface area contributed by atoms with E-state index < -0.39 is 18.0 Å². The van der Waals surface area contributed by atoms with Crippen LogP contribution in [0.3, 0.4) is 0 Å². The number of anilines is 1. The number of aromatic nitrogens is 1. The molecule has 1 unspecified atom stereocenters. The molecule has 1 aromatic heterocycles. The molecule has 3 rings (SSSR count). The van der Waals surface area contributed by atoms with Crippen molar-refractivity contribution in [3.63, 3.8) is 0 Å². The molecule has 0 radical (unpaired) electrons. The summed E-state index contributed by atoms with van der Waals surface area (Å²) >= 11 is 0. The molecule has 34 heavy (non-hydrogen) atoms. The van der Waals surface area contributed by atoms with Crippen molar-refractivity contribution in [2.75, 3.05) is 18.5 Å². The maximum Gasteiger partial charge on any atom is 0.414 e. The summed E-state index contributed by atoms with van der Waals surface area (Å²) in [5, 5.41) is 31.9. The number of para-hydroxylation sites is 2. The van der Waals surface area contributed by atoms with Crippen molar-refractivity contribution in [3.8, 4) is 5.75 Å². The van der Waals surface area contributed by atoms with Gasteiger partial charge < -0.3 is 35.7 Å². The van der Waals surface area contributed by atoms with E-state index in [4.69, 9.17) is 24.5 Å². The zero-order valence-electron chi connectivity index (χ0n) is 19.2. The van der Waals surface area contributed by atoms with Crippen LogP contribution in [0.4, 0.5) is 5.69 Å². The number of fused-ring (bicyclic) bond motifs is 1. The van der Waals surface area contributed by atoms with Crippen molar-refractivity contribution in [2.45, 2.75) is 32.4 Å². The molecule has 0 aliphatic rings. The molecule has 0 aliphatic carbocycles. The molecule has 10 heteroatoms. The van der Waals surface area contributed by atoms with E-state index in [0.29, 0.717) is 23.5 Å². The summed E-state index contributed by atoms with van der Waals surface area (Å²) in [7, 11) is 0. The lowest BCUT2D eigenvalue weighted by molar-refractivity contribution is -0.159. The molecule has 1 amide bonds. The first-order valence-corrected chi connectivity index (χ1v) is 10.5. The van der Waals surface area contributed by atoms with Gasteiger partial charge in [0.1, 0.15) is 18.5 Å². The lowest BCUT2D eigenvalue weighted by Crippen LogP contribution is -2.42. The van der Waals surface area contributed by atoms with Gasteiger partial charge in [-0.25, -0.2) is 9.59 Å². The second-order valence-corrected chi connectivity index (χ2v) is 8.40. The van der Waals surface area contributed by atoms with Crippen LogP contribution in [0.5, 0.6) is 5.75 Å². The number of nitrogens with one attached hydrogen (secondary N) is 3. The number of benzene rings is 2. The average molecular weight is 472 g/mol. The van der Waals surface area contributed by atoms with E-state index in [9.17, 15) is 9.90 Å². The number of carbonyl (C=O) groups excluding carboxylic acids is 1. The number of ether oxygens (including phenoxy) is 1. The van der Waals surface area contributed by atoms with Crippen molar-refractivity contribution in [2.24, 2.45) is 0 Å². The maximum absolute atomic E-state index is 12.8. The number of aromatic amines is 1. The number of carboxylic acids is 2. The largest absolute Gasteiger partial charge is 0.489 e. The fourth-order valence-electron chi connectivity index (χ4n) is 2.84. The van der Waals surface area contributed by atoms with Crippen LogP contribution in [0.15, 0.2) is 54.7 Å². The average Bonchev–Trinajstić information content (AvgIpc) is 3.26. The molecule has 0 fully saturated rings. The van der Waals surface area contributed by atoms with Gasteiger partial charge >= 0.3 is 11.9 Å². The molecular formula is C24H29N3O7. The molecule has 3 aromatic rings. The quantitative estimate of drug-likeness (QED) is 0.287. The zero-order valence-corrected chi connectivity index (χ0v) is 19.2. The van der Waals surface area contributed by atoms with Gasteiger partial charge in [-0.3, -0.25) is 4.79 Å². The van der Waals surface area contributed by atoms with Crippen LogP contribution in [-0.4, -0.2) is 62.9 Å². The highest BCUT2D eigenvalue weighted by Crippen LogP contribution is 2.26. The number of hydrogen-bond acceptors (Lipinski definition) is 6. The molecular weight excluding hydrogens is 442 g/mol. The molecule has 10 nitrogen and oxygen atoms in total. The smallest absolute Gasteiger partial charge is 0.414 e. The predicted octanol–water partition coefficient (Wildman–Crippen LogP) is 2.70. The first-order chi connectivity index (χ1) is 16.0. The minimum Gasteiger partial charge on any atom is -0.489 e. The number of aliphatic carboxylic acids is 2. The highest BCUT2D eigenvalue weighted by Gasteiger charge is 2.15. The van der Waals surface area contributed by atoms with Gasteiger partial charge in [0, 0.05) is 34.7 Å². The first kappa shape index (κ1) is 26.4. The van der Waals surface area contributed by atoms with Gasteiger partial charge in [0.2, 0.25) is 0 Å². The second kappa shape index (κ2) is 11.8. The van der Waals surface area contributed by atoms with E-state index in [0.717, 1.165) is 10.9 Å². The lowest BCUT2D eigenvalue weighted by atomic mass is 10.1. The molecule has 6 N–H and O–H groups in total. The molecule has 0 aliphatic heterocycles. The van der Waals surface area contributed by atoms with Crippen molar-refractivity contribution in [1.82, 2.24) is 10.3 Å². The Balaban J connectivity index is 0.000000604. The Labute approximate surface area is 196 Å². The van der Waals surface area contributed by atoms with Crippen molar-refractivity contribution >= 4 is 34.4 Å². The van der Waals surface area contributed by atoms with Crippen LogP contribution in [-0.2, 0) is 9.59 Å². The van der Waals surface area contributed by atoms with Gasteiger partial charge in [-0.2, -0.15) is 0 Å². The summed E-state index contributed by atoms with van der Waals surface area (Å²) in [6.45, 7) is 6.67. The minimum atomic E-state index is -1.82. The molecule has 2 aromatic carbocycles. The van der Waals surface area contributed by atoms with E-state index in [2.05, 4.69) is 15.6 Å². The standard InChI is InChI=1S/C22H27N3O3.C2H2O4/c1-22(2,3)24-13-15(26)14-28-20-10-5-4-8-19(20)25-21(27)17-7-6-9-18-16(17)11-12-23-18;3-1(4)2(5)6/h4-12,15,23-24,26H,13-14H2,1-3H3,(H,25,27);(H,3,4)(H,5,6). The van der Waals surface area contributed by atoms with Crippen molar-refractivity contribution in [3.05, 3.63) is 60.3 Å². The van der Waals surface area contributed by atoms with Crippen LogP contribution < -0.4 is 15.4 Å². The first-order valence-electron chi connectivity index (χ1n) is 10.5. The highest BCUT2D eigenvalue weighted by molar-refractivity contribution is 6.27. The summed E-state index contributed by atoms with van der Waals surface area (Å²) in [4.78, 5) is 34.1. The fourth-order valence-corrected chi connectivity index (χ4v) is 2.84. The van der Waals surface area contributed by atoms with Gasteiger partial charge in [0.15, 0.2) is 0 Å². The summed E-state index contributed by atoms with van der Waals surface area (Å²) in [5.41, 5.74) is 1.98. The van der Waals surface area contributed by atoms with Crippen LogP contribution in [0.1, 0.15) is 31.1 Å². The molecule has 1 heterocycles. The third-order valence-electron chi connectivity index (χ3n) is 4.46. The number of carbonyl (C=O) groups is 3. The minimum absolute atomic E-state index is 0.0773. The zero-order chi connectivity index (χ0) is 25.3. The number of β-amino-alcohol motifs (C(OH)–C–C–N with tert-alkyl or cyclic N) is 1. The van der Waals surface area contributed by atoms with Crippen molar-refractivity contribution < 1.29 is 34.4 Å². The van der Waals surface area contributed by atoms with Gasteiger partial charge in [-0.05, 0) is 51.1 Å². The van der Waals surface area contributed by atoms with Crippen LogP contribution in [0, 0.1) is 0 Å². The number of carboxylic acid groups (broad SMARTS) is 2. The summed E-state index contributed by atoms with van der Waals surface area (Å²) in [6.07, 6.45) is 1.16. The van der Waals surface area contributed by atoms with Gasteiger partial charge in [0.25, 0.3) is 5.91 Å². The number of aliphatic hydroxyl groups is 1. The Hall–Kier alpha value is -3.89. The van der Waals surface area contributed by atoms with E-state index in [-0.39, 0.29) is 18.1 Å². The molecule has 182 valence electrons. The third kappa shape index (κ3) is 8.23. The number of amides is 1. The summed E-state index contributed by atoms with van der Waals surface area (Å²) < 4.78 is 5.76. The van der Waals surface area contributed by atoms with E-state index in [1.165, 1.54) is 0 Å². The van der Waals surface area contributed by atoms with E-state index in [1.54, 1.807) is 18.2 Å². The van der Waals surface area contributed by atoms with Crippen LogP contribution in [0.2, 0.25) is 0 Å². The molecule has 0 saturated carbocycles. The van der Waals surface area contributed by atoms with Gasteiger partial charge in [-0.15, -0.1) is 0 Å². The second-order valence-electron chi connectivity index (χ2n) is 8.40. The fraction of sp³-hybridized carbons (Fsp3) is 0.292. The summed E-state index contributed by atoms with van der Waals surface area (Å²) in [5.74, 6) is -3.34. The third-order valence-corrected chi connectivity index (χ3v) is 4.46.